The van der Waals surface area contributed by atoms with E-state index < -0.39 is 0 Å². The van der Waals surface area contributed by atoms with E-state index in [1.165, 1.54) is 0 Å². The zero-order valence-electron chi connectivity index (χ0n) is 6.72. The number of alkyl halides is 1. The lowest BCUT2D eigenvalue weighted by atomic mass is 10.2. The van der Waals surface area contributed by atoms with Crippen molar-refractivity contribution in [3.05, 3.63) is 0 Å². The fourth-order valence-corrected chi connectivity index (χ4v) is 0.931. The summed E-state index contributed by atoms with van der Waals surface area (Å²) < 4.78 is 0. The van der Waals surface area contributed by atoms with Crippen molar-refractivity contribution >= 4 is 17.5 Å². The molecule has 0 spiro atoms. The summed E-state index contributed by atoms with van der Waals surface area (Å²) in [6.45, 7) is 4.40. The van der Waals surface area contributed by atoms with Gasteiger partial charge in [-0.25, -0.2) is 0 Å². The second-order valence-corrected chi connectivity index (χ2v) is 2.98. The Bertz CT molecular complexity index is 114. The number of halogens is 1. The van der Waals surface area contributed by atoms with Crippen LogP contribution in [0.25, 0.3) is 0 Å². The summed E-state index contributed by atoms with van der Waals surface area (Å²) >= 11 is 5.45. The molecule has 0 aliphatic carbocycles. The van der Waals surface area contributed by atoms with E-state index >= 15 is 0 Å². The van der Waals surface area contributed by atoms with Crippen LogP contribution in [0, 0.1) is 5.92 Å². The predicted octanol–water partition coefficient (Wildman–Crippen LogP) is 1.34. The highest BCUT2D eigenvalue weighted by molar-refractivity contribution is 6.18. The SMILES string of the molecule is CC(C)C(=O)N(C)CCCl. The Morgan fingerprint density at radius 2 is 2.10 bits per heavy atom. The minimum atomic E-state index is 0.0771. The predicted molar refractivity (Wildman–Crippen MR) is 43.2 cm³/mol. The summed E-state index contributed by atoms with van der Waals surface area (Å²) in [5.74, 6) is 0.739. The minimum Gasteiger partial charge on any atom is -0.344 e. The van der Waals surface area contributed by atoms with Crippen LogP contribution in [0.5, 0.6) is 0 Å². The zero-order chi connectivity index (χ0) is 8.15. The standard InChI is InChI=1S/C7H14ClNO/c1-6(2)7(10)9(3)5-4-8/h6H,4-5H2,1-3H3. The normalized spacial score (nSPS) is 10.1. The molecule has 1 amide bonds. The van der Waals surface area contributed by atoms with Gasteiger partial charge in [0.25, 0.3) is 0 Å². The van der Waals surface area contributed by atoms with Crippen molar-refractivity contribution in [2.75, 3.05) is 19.5 Å². The van der Waals surface area contributed by atoms with Gasteiger partial charge >= 0.3 is 0 Å². The third kappa shape index (κ3) is 3.06. The number of hydrogen-bond acceptors (Lipinski definition) is 1. The van der Waals surface area contributed by atoms with Gasteiger partial charge in [0.1, 0.15) is 0 Å². The summed E-state index contributed by atoms with van der Waals surface area (Å²) in [4.78, 5) is 12.8. The van der Waals surface area contributed by atoms with Gasteiger partial charge in [-0.15, -0.1) is 11.6 Å². The van der Waals surface area contributed by atoms with Crippen LogP contribution in [0.15, 0.2) is 0 Å². The first-order valence-electron chi connectivity index (χ1n) is 3.40. The van der Waals surface area contributed by atoms with Crippen molar-refractivity contribution in [1.82, 2.24) is 4.90 Å². The molecule has 0 unspecified atom stereocenters. The number of rotatable bonds is 3. The molecule has 0 heterocycles. The van der Waals surface area contributed by atoms with Crippen LogP contribution in [0.4, 0.5) is 0 Å². The van der Waals surface area contributed by atoms with Crippen molar-refractivity contribution < 1.29 is 4.79 Å². The molecular formula is C7H14ClNO. The fourth-order valence-electron chi connectivity index (χ4n) is 0.678. The number of amides is 1. The van der Waals surface area contributed by atoms with E-state index in [0.717, 1.165) is 0 Å². The molecule has 0 aliphatic heterocycles. The summed E-state index contributed by atoms with van der Waals surface area (Å²) in [6.07, 6.45) is 0. The molecule has 3 heteroatoms. The third-order valence-corrected chi connectivity index (χ3v) is 1.46. The molecule has 2 nitrogen and oxygen atoms in total. The van der Waals surface area contributed by atoms with Gasteiger partial charge in [-0.05, 0) is 0 Å². The summed E-state index contributed by atoms with van der Waals surface area (Å²) in [7, 11) is 1.77. The maximum absolute atomic E-state index is 11.1. The Hall–Kier alpha value is -0.240. The van der Waals surface area contributed by atoms with E-state index in [9.17, 15) is 4.79 Å². The quantitative estimate of drug-likeness (QED) is 0.575. The Kier molecular flexibility index (Phi) is 4.45. The monoisotopic (exact) mass is 163 g/mol. The molecule has 0 atom stereocenters. The van der Waals surface area contributed by atoms with Gasteiger partial charge in [-0.2, -0.15) is 0 Å². The van der Waals surface area contributed by atoms with Gasteiger partial charge in [0.15, 0.2) is 0 Å². The van der Waals surface area contributed by atoms with Crippen molar-refractivity contribution in [3.63, 3.8) is 0 Å². The van der Waals surface area contributed by atoms with Crippen LogP contribution in [0.1, 0.15) is 13.8 Å². The topological polar surface area (TPSA) is 20.3 Å². The molecule has 0 aromatic heterocycles. The van der Waals surface area contributed by atoms with Crippen LogP contribution in [-0.4, -0.2) is 30.3 Å². The summed E-state index contributed by atoms with van der Waals surface area (Å²) in [6, 6.07) is 0. The van der Waals surface area contributed by atoms with Gasteiger partial charge < -0.3 is 4.90 Å². The number of carbonyl (C=O) groups is 1. The van der Waals surface area contributed by atoms with Crippen molar-refractivity contribution in [1.29, 1.82) is 0 Å². The molecule has 0 radical (unpaired) electrons. The largest absolute Gasteiger partial charge is 0.344 e. The maximum atomic E-state index is 11.1. The van der Waals surface area contributed by atoms with E-state index in [-0.39, 0.29) is 11.8 Å². The van der Waals surface area contributed by atoms with Crippen LogP contribution in [0.2, 0.25) is 0 Å². The molecular weight excluding hydrogens is 150 g/mol. The van der Waals surface area contributed by atoms with Crippen LogP contribution in [-0.2, 0) is 4.79 Å². The van der Waals surface area contributed by atoms with E-state index in [1.54, 1.807) is 11.9 Å². The summed E-state index contributed by atoms with van der Waals surface area (Å²) in [5, 5.41) is 0. The van der Waals surface area contributed by atoms with E-state index in [4.69, 9.17) is 11.6 Å². The van der Waals surface area contributed by atoms with Crippen LogP contribution < -0.4 is 0 Å². The molecule has 0 fully saturated rings. The maximum Gasteiger partial charge on any atom is 0.224 e. The number of nitrogens with zero attached hydrogens (tertiary/aromatic N) is 1. The fraction of sp³-hybridized carbons (Fsp3) is 0.857. The Labute approximate surface area is 67.2 Å². The molecule has 10 heavy (non-hydrogen) atoms. The highest BCUT2D eigenvalue weighted by Crippen LogP contribution is 1.98. The minimum absolute atomic E-state index is 0.0771. The van der Waals surface area contributed by atoms with Gasteiger partial charge in [-0.1, -0.05) is 13.8 Å². The van der Waals surface area contributed by atoms with Crippen molar-refractivity contribution in [2.45, 2.75) is 13.8 Å². The second kappa shape index (κ2) is 4.56. The van der Waals surface area contributed by atoms with Crippen molar-refractivity contribution in [3.8, 4) is 0 Å². The number of carbonyl (C=O) groups excluding carboxylic acids is 1. The zero-order valence-corrected chi connectivity index (χ0v) is 7.48. The van der Waals surface area contributed by atoms with Crippen LogP contribution in [0.3, 0.4) is 0 Å². The van der Waals surface area contributed by atoms with Gasteiger partial charge in [-0.3, -0.25) is 4.79 Å². The van der Waals surface area contributed by atoms with Gasteiger partial charge in [0.05, 0.1) is 0 Å². The highest BCUT2D eigenvalue weighted by Gasteiger charge is 2.10. The molecule has 0 saturated carbocycles. The van der Waals surface area contributed by atoms with E-state index in [1.807, 2.05) is 13.8 Å². The average Bonchev–Trinajstić information content (AvgIpc) is 1.87. The first kappa shape index (κ1) is 9.76. The lowest BCUT2D eigenvalue weighted by Crippen LogP contribution is -2.31. The third-order valence-electron chi connectivity index (χ3n) is 1.29. The lowest BCUT2D eigenvalue weighted by molar-refractivity contribution is -0.132. The molecule has 0 aromatic rings. The molecule has 60 valence electrons. The molecule has 0 aliphatic rings. The lowest BCUT2D eigenvalue weighted by Gasteiger charge is -2.17. The molecule has 0 bridgehead atoms. The first-order valence-corrected chi connectivity index (χ1v) is 3.94. The smallest absolute Gasteiger partial charge is 0.224 e. The van der Waals surface area contributed by atoms with Crippen LogP contribution >= 0.6 is 11.6 Å². The van der Waals surface area contributed by atoms with Crippen molar-refractivity contribution in [2.24, 2.45) is 5.92 Å². The Morgan fingerprint density at radius 1 is 1.60 bits per heavy atom. The highest BCUT2D eigenvalue weighted by atomic mass is 35.5. The molecule has 0 aromatic carbocycles. The first-order chi connectivity index (χ1) is 4.59. The average molecular weight is 164 g/mol. The van der Waals surface area contributed by atoms with Gasteiger partial charge in [0, 0.05) is 25.4 Å². The second-order valence-electron chi connectivity index (χ2n) is 2.60. The Balaban J connectivity index is 3.71. The summed E-state index contributed by atoms with van der Waals surface area (Å²) in [5.41, 5.74) is 0. The van der Waals surface area contributed by atoms with Gasteiger partial charge in [0.2, 0.25) is 5.91 Å². The molecule has 0 saturated heterocycles. The Morgan fingerprint density at radius 3 is 2.40 bits per heavy atom. The number of hydrogen-bond donors (Lipinski definition) is 0. The molecule has 0 rings (SSSR count). The molecule has 0 N–H and O–H groups in total. The van der Waals surface area contributed by atoms with E-state index in [2.05, 4.69) is 0 Å². The van der Waals surface area contributed by atoms with E-state index in [0.29, 0.717) is 12.4 Å².